The van der Waals surface area contributed by atoms with Gasteiger partial charge in [0, 0.05) is 17.8 Å². The molecule has 0 radical (unpaired) electrons. The third-order valence-corrected chi connectivity index (χ3v) is 5.89. The first-order valence-corrected chi connectivity index (χ1v) is 11.1. The number of ether oxygens (including phenoxy) is 1. The standard InChI is InChI=1S/C23H24N2O4S/c1-29-21-12-5-8-18(16-21)9-7-15-24-23(26)19-10-6-11-20(17-19)25-30(27,28)22-13-3-2-4-14-22/h2-6,8,10-14,16-17,25H,7,9,15H2,1H3,(H,24,26). The first-order valence-electron chi connectivity index (χ1n) is 9.57. The number of carbonyl (C=O) groups is 1. The van der Waals surface area contributed by atoms with Gasteiger partial charge in [-0.25, -0.2) is 8.42 Å². The molecule has 0 unspecified atom stereocenters. The van der Waals surface area contributed by atoms with E-state index in [4.69, 9.17) is 4.74 Å². The molecular formula is C23H24N2O4S. The number of benzene rings is 3. The van der Waals surface area contributed by atoms with Crippen LogP contribution in [0.1, 0.15) is 22.3 Å². The maximum absolute atomic E-state index is 12.5. The van der Waals surface area contributed by atoms with Gasteiger partial charge in [0.1, 0.15) is 5.75 Å². The topological polar surface area (TPSA) is 84.5 Å². The Bertz CT molecular complexity index is 1100. The number of hydrogen-bond acceptors (Lipinski definition) is 4. The van der Waals surface area contributed by atoms with E-state index in [1.54, 1.807) is 43.5 Å². The molecule has 0 heterocycles. The van der Waals surface area contributed by atoms with Crippen LogP contribution in [0.25, 0.3) is 0 Å². The molecule has 0 atom stereocenters. The lowest BCUT2D eigenvalue weighted by Crippen LogP contribution is -2.25. The van der Waals surface area contributed by atoms with E-state index >= 15 is 0 Å². The molecule has 7 heteroatoms. The molecule has 156 valence electrons. The summed E-state index contributed by atoms with van der Waals surface area (Å²) in [4.78, 5) is 12.6. The predicted octanol–water partition coefficient (Wildman–Crippen LogP) is 3.86. The van der Waals surface area contributed by atoms with Crippen molar-refractivity contribution in [2.75, 3.05) is 18.4 Å². The number of anilines is 1. The highest BCUT2D eigenvalue weighted by Crippen LogP contribution is 2.17. The molecular weight excluding hydrogens is 400 g/mol. The fourth-order valence-corrected chi connectivity index (χ4v) is 4.03. The SMILES string of the molecule is COc1cccc(CCCNC(=O)c2cccc(NS(=O)(=O)c3ccccc3)c2)c1. The van der Waals surface area contributed by atoms with E-state index in [0.29, 0.717) is 17.8 Å². The van der Waals surface area contributed by atoms with E-state index in [1.165, 1.54) is 18.2 Å². The maximum atomic E-state index is 12.5. The number of rotatable bonds is 9. The molecule has 0 bridgehead atoms. The normalized spacial score (nSPS) is 11.0. The highest BCUT2D eigenvalue weighted by molar-refractivity contribution is 7.92. The van der Waals surface area contributed by atoms with Crippen molar-refractivity contribution in [2.24, 2.45) is 0 Å². The van der Waals surface area contributed by atoms with Crippen LogP contribution in [0, 0.1) is 0 Å². The van der Waals surface area contributed by atoms with Crippen LogP contribution >= 0.6 is 0 Å². The first kappa shape index (κ1) is 21.4. The van der Waals surface area contributed by atoms with Crippen molar-refractivity contribution in [3.8, 4) is 5.75 Å². The highest BCUT2D eigenvalue weighted by Gasteiger charge is 2.14. The number of sulfonamides is 1. The van der Waals surface area contributed by atoms with Crippen molar-refractivity contribution in [3.05, 3.63) is 90.0 Å². The summed E-state index contributed by atoms with van der Waals surface area (Å²) < 4.78 is 32.6. The van der Waals surface area contributed by atoms with Gasteiger partial charge in [0.05, 0.1) is 12.0 Å². The molecule has 30 heavy (non-hydrogen) atoms. The fourth-order valence-electron chi connectivity index (χ4n) is 2.96. The van der Waals surface area contributed by atoms with Crippen LogP contribution in [0.5, 0.6) is 5.75 Å². The second-order valence-corrected chi connectivity index (χ2v) is 8.39. The lowest BCUT2D eigenvalue weighted by molar-refractivity contribution is 0.0953. The van der Waals surface area contributed by atoms with Crippen LogP contribution < -0.4 is 14.8 Å². The van der Waals surface area contributed by atoms with E-state index in [0.717, 1.165) is 24.2 Å². The molecule has 3 aromatic carbocycles. The van der Waals surface area contributed by atoms with Gasteiger partial charge < -0.3 is 10.1 Å². The summed E-state index contributed by atoms with van der Waals surface area (Å²) in [6, 6.07) is 22.4. The minimum Gasteiger partial charge on any atom is -0.497 e. The quantitative estimate of drug-likeness (QED) is 0.511. The van der Waals surface area contributed by atoms with E-state index in [9.17, 15) is 13.2 Å². The van der Waals surface area contributed by atoms with E-state index in [2.05, 4.69) is 10.0 Å². The molecule has 0 fully saturated rings. The number of amides is 1. The zero-order chi connectivity index (χ0) is 21.4. The zero-order valence-corrected chi connectivity index (χ0v) is 17.5. The number of carbonyl (C=O) groups excluding carboxylic acids is 1. The van der Waals surface area contributed by atoms with Crippen LogP contribution in [0.4, 0.5) is 5.69 Å². The van der Waals surface area contributed by atoms with Gasteiger partial charge in [0.15, 0.2) is 0 Å². The highest BCUT2D eigenvalue weighted by atomic mass is 32.2. The van der Waals surface area contributed by atoms with Gasteiger partial charge in [-0.1, -0.05) is 36.4 Å². The Labute approximate surface area is 177 Å². The predicted molar refractivity (Wildman–Crippen MR) is 117 cm³/mol. The fraction of sp³-hybridized carbons (Fsp3) is 0.174. The molecule has 3 aromatic rings. The van der Waals surface area contributed by atoms with E-state index in [1.807, 2.05) is 24.3 Å². The van der Waals surface area contributed by atoms with Crippen LogP contribution in [-0.2, 0) is 16.4 Å². The largest absolute Gasteiger partial charge is 0.497 e. The monoisotopic (exact) mass is 424 g/mol. The maximum Gasteiger partial charge on any atom is 0.261 e. The van der Waals surface area contributed by atoms with Gasteiger partial charge in [-0.15, -0.1) is 0 Å². The summed E-state index contributed by atoms with van der Waals surface area (Å²) >= 11 is 0. The average Bonchev–Trinajstić information content (AvgIpc) is 2.77. The summed E-state index contributed by atoms with van der Waals surface area (Å²) in [6.07, 6.45) is 1.59. The van der Waals surface area contributed by atoms with Gasteiger partial charge >= 0.3 is 0 Å². The lowest BCUT2D eigenvalue weighted by Gasteiger charge is -2.10. The van der Waals surface area contributed by atoms with Crippen LogP contribution in [0.3, 0.4) is 0 Å². The number of hydrogen-bond donors (Lipinski definition) is 2. The summed E-state index contributed by atoms with van der Waals surface area (Å²) in [5, 5.41) is 2.87. The Morgan fingerprint density at radius 2 is 1.70 bits per heavy atom. The Balaban J connectivity index is 1.55. The number of nitrogens with one attached hydrogen (secondary N) is 2. The summed E-state index contributed by atoms with van der Waals surface area (Å²) in [6.45, 7) is 0.510. The number of aryl methyl sites for hydroxylation is 1. The molecule has 3 rings (SSSR count). The molecule has 0 aliphatic rings. The Kier molecular flexibility index (Phi) is 7.08. The van der Waals surface area contributed by atoms with E-state index < -0.39 is 10.0 Å². The van der Waals surface area contributed by atoms with Gasteiger partial charge in [0.25, 0.3) is 15.9 Å². The molecule has 1 amide bonds. The Morgan fingerprint density at radius 3 is 2.47 bits per heavy atom. The molecule has 2 N–H and O–H groups in total. The molecule has 0 aliphatic carbocycles. The van der Waals surface area contributed by atoms with Crippen molar-refractivity contribution in [2.45, 2.75) is 17.7 Å². The third kappa shape index (κ3) is 5.84. The lowest BCUT2D eigenvalue weighted by atomic mass is 10.1. The van der Waals surface area contributed by atoms with Gasteiger partial charge in [-0.2, -0.15) is 0 Å². The van der Waals surface area contributed by atoms with Gasteiger partial charge in [0.2, 0.25) is 0 Å². The number of methoxy groups -OCH3 is 1. The Hall–Kier alpha value is -3.32. The molecule has 0 spiro atoms. The minimum absolute atomic E-state index is 0.164. The van der Waals surface area contributed by atoms with Crippen molar-refractivity contribution in [1.82, 2.24) is 5.32 Å². The molecule has 6 nitrogen and oxygen atoms in total. The zero-order valence-electron chi connectivity index (χ0n) is 16.7. The second-order valence-electron chi connectivity index (χ2n) is 6.71. The van der Waals surface area contributed by atoms with E-state index in [-0.39, 0.29) is 10.8 Å². The third-order valence-electron chi connectivity index (χ3n) is 4.49. The first-order chi connectivity index (χ1) is 14.5. The molecule has 0 saturated carbocycles. The smallest absolute Gasteiger partial charge is 0.261 e. The Morgan fingerprint density at radius 1 is 0.933 bits per heavy atom. The molecule has 0 aliphatic heterocycles. The molecule has 0 aromatic heterocycles. The summed E-state index contributed by atoms with van der Waals surface area (Å²) in [7, 11) is -2.07. The summed E-state index contributed by atoms with van der Waals surface area (Å²) in [5.74, 6) is 0.563. The van der Waals surface area contributed by atoms with Crippen molar-refractivity contribution >= 4 is 21.6 Å². The molecule has 0 saturated heterocycles. The second kappa shape index (κ2) is 9.93. The summed E-state index contributed by atoms with van der Waals surface area (Å²) in [5.41, 5.74) is 1.87. The van der Waals surface area contributed by atoms with Crippen LogP contribution in [0.2, 0.25) is 0 Å². The average molecular weight is 425 g/mol. The van der Waals surface area contributed by atoms with Crippen molar-refractivity contribution in [1.29, 1.82) is 0 Å². The van der Waals surface area contributed by atoms with Gasteiger partial charge in [-0.3, -0.25) is 9.52 Å². The minimum atomic E-state index is -3.71. The van der Waals surface area contributed by atoms with Crippen LogP contribution in [-0.4, -0.2) is 28.0 Å². The van der Waals surface area contributed by atoms with Crippen molar-refractivity contribution in [3.63, 3.8) is 0 Å². The van der Waals surface area contributed by atoms with Crippen LogP contribution in [0.15, 0.2) is 83.8 Å². The van der Waals surface area contributed by atoms with Gasteiger partial charge in [-0.05, 0) is 60.9 Å². The van der Waals surface area contributed by atoms with Crippen molar-refractivity contribution < 1.29 is 17.9 Å².